The third-order valence-corrected chi connectivity index (χ3v) is 4.24. The molecule has 21 heavy (non-hydrogen) atoms. The molecule has 0 spiro atoms. The van der Waals surface area contributed by atoms with Crippen LogP contribution in [0.5, 0.6) is 0 Å². The molecule has 0 unspecified atom stereocenters. The molecule has 0 fully saturated rings. The van der Waals surface area contributed by atoms with Gasteiger partial charge in [-0.3, -0.25) is 4.79 Å². The number of carbonyl (C=O) groups excluding carboxylic acids is 1. The average Bonchev–Trinajstić information content (AvgIpc) is 2.44. The smallest absolute Gasteiger partial charge is 0.233 e. The van der Waals surface area contributed by atoms with Gasteiger partial charge in [0, 0.05) is 22.9 Å². The Morgan fingerprint density at radius 1 is 1.19 bits per heavy atom. The van der Waals surface area contributed by atoms with Crippen LogP contribution < -0.4 is 0 Å². The second-order valence-electron chi connectivity index (χ2n) is 5.51. The highest BCUT2D eigenvalue weighted by molar-refractivity contribution is 8.00. The third-order valence-electron chi connectivity index (χ3n) is 3.27. The molecule has 0 aliphatic heterocycles. The Balaban J connectivity index is 2.13. The molecule has 4 nitrogen and oxygen atoms in total. The molecule has 2 aromatic rings. The van der Waals surface area contributed by atoms with Gasteiger partial charge in [0.1, 0.15) is 5.03 Å². The summed E-state index contributed by atoms with van der Waals surface area (Å²) in [5.74, 6) is 0.527. The maximum absolute atomic E-state index is 12.4. The van der Waals surface area contributed by atoms with Crippen LogP contribution in [0.2, 0.25) is 0 Å². The lowest BCUT2D eigenvalue weighted by Gasteiger charge is -2.30. The summed E-state index contributed by atoms with van der Waals surface area (Å²) in [7, 11) is 0. The highest BCUT2D eigenvalue weighted by Crippen LogP contribution is 2.25. The van der Waals surface area contributed by atoms with Gasteiger partial charge in [-0.15, -0.1) is 5.10 Å². The molecule has 0 aliphatic carbocycles. The maximum Gasteiger partial charge on any atom is 0.233 e. The van der Waals surface area contributed by atoms with E-state index >= 15 is 0 Å². The van der Waals surface area contributed by atoms with Gasteiger partial charge in [0.25, 0.3) is 0 Å². The summed E-state index contributed by atoms with van der Waals surface area (Å²) in [5.41, 5.74) is 0. The second kappa shape index (κ2) is 6.89. The SMILES string of the molecule is CC(C)N(C(=O)CSc1nncc2ccccc12)C(C)C. The standard InChI is InChI=1S/C16H21N3OS/c1-11(2)19(12(3)4)15(20)10-21-16-14-8-6-5-7-13(14)9-17-18-16/h5-9,11-12H,10H2,1-4H3. The largest absolute Gasteiger partial charge is 0.337 e. The van der Waals surface area contributed by atoms with Gasteiger partial charge in [-0.05, 0) is 27.7 Å². The van der Waals surface area contributed by atoms with Crippen LogP contribution in [0.15, 0.2) is 35.5 Å². The molecular formula is C16H21N3OS. The van der Waals surface area contributed by atoms with Crippen molar-refractivity contribution in [3.63, 3.8) is 0 Å². The number of hydrogen-bond acceptors (Lipinski definition) is 4. The fourth-order valence-corrected chi connectivity index (χ4v) is 3.34. The number of benzene rings is 1. The molecule has 1 aromatic carbocycles. The van der Waals surface area contributed by atoms with Gasteiger partial charge in [-0.25, -0.2) is 0 Å². The molecule has 0 atom stereocenters. The minimum absolute atomic E-state index is 0.139. The molecule has 5 heteroatoms. The number of thioether (sulfide) groups is 1. The van der Waals surface area contributed by atoms with Crippen molar-refractivity contribution in [2.24, 2.45) is 0 Å². The van der Waals surface area contributed by atoms with Gasteiger partial charge in [0.05, 0.1) is 11.9 Å². The lowest BCUT2D eigenvalue weighted by molar-refractivity contribution is -0.131. The third kappa shape index (κ3) is 3.73. The molecule has 1 amide bonds. The summed E-state index contributed by atoms with van der Waals surface area (Å²) in [6, 6.07) is 8.38. The molecule has 0 saturated carbocycles. The number of fused-ring (bicyclic) bond motifs is 1. The van der Waals surface area contributed by atoms with Crippen LogP contribution in [0.25, 0.3) is 10.8 Å². The Hall–Kier alpha value is -1.62. The van der Waals surface area contributed by atoms with Crippen LogP contribution in [0.3, 0.4) is 0 Å². The average molecular weight is 303 g/mol. The predicted molar refractivity (Wildman–Crippen MR) is 87.4 cm³/mol. The van der Waals surface area contributed by atoms with Crippen molar-refractivity contribution in [1.82, 2.24) is 15.1 Å². The van der Waals surface area contributed by atoms with E-state index in [1.54, 1.807) is 6.20 Å². The molecule has 112 valence electrons. The van der Waals surface area contributed by atoms with Crippen molar-refractivity contribution in [3.8, 4) is 0 Å². The minimum atomic E-state index is 0.139. The Morgan fingerprint density at radius 2 is 1.86 bits per heavy atom. The van der Waals surface area contributed by atoms with Crippen LogP contribution in [0, 0.1) is 0 Å². The maximum atomic E-state index is 12.4. The van der Waals surface area contributed by atoms with Crippen LogP contribution >= 0.6 is 11.8 Å². The van der Waals surface area contributed by atoms with Crippen LogP contribution in [-0.4, -0.2) is 38.8 Å². The number of aromatic nitrogens is 2. The first-order valence-electron chi connectivity index (χ1n) is 7.15. The fourth-order valence-electron chi connectivity index (χ4n) is 2.49. The Morgan fingerprint density at radius 3 is 2.52 bits per heavy atom. The number of rotatable bonds is 5. The molecule has 1 heterocycles. The first-order valence-corrected chi connectivity index (χ1v) is 8.13. The zero-order valence-electron chi connectivity index (χ0n) is 12.9. The molecule has 0 radical (unpaired) electrons. The lowest BCUT2D eigenvalue weighted by Crippen LogP contribution is -2.43. The molecule has 1 aromatic heterocycles. The van der Waals surface area contributed by atoms with Gasteiger partial charge in [-0.2, -0.15) is 5.10 Å². The number of carbonyl (C=O) groups is 1. The van der Waals surface area contributed by atoms with Crippen molar-refractivity contribution in [2.45, 2.75) is 44.8 Å². The van der Waals surface area contributed by atoms with E-state index in [2.05, 4.69) is 10.2 Å². The van der Waals surface area contributed by atoms with Crippen molar-refractivity contribution < 1.29 is 4.79 Å². The van der Waals surface area contributed by atoms with Gasteiger partial charge in [-0.1, -0.05) is 36.0 Å². The first kappa shape index (κ1) is 15.8. The zero-order valence-corrected chi connectivity index (χ0v) is 13.7. The summed E-state index contributed by atoms with van der Waals surface area (Å²) < 4.78 is 0. The summed E-state index contributed by atoms with van der Waals surface area (Å²) in [6.45, 7) is 8.17. The molecule has 2 rings (SSSR count). The number of amides is 1. The Bertz CT molecular complexity index is 614. The van der Waals surface area contributed by atoms with E-state index in [0.717, 1.165) is 15.8 Å². The monoisotopic (exact) mass is 303 g/mol. The van der Waals surface area contributed by atoms with Crippen molar-refractivity contribution in [2.75, 3.05) is 5.75 Å². The summed E-state index contributed by atoms with van der Waals surface area (Å²) >= 11 is 1.46. The van der Waals surface area contributed by atoms with E-state index in [1.165, 1.54) is 11.8 Å². The topological polar surface area (TPSA) is 46.1 Å². The van der Waals surface area contributed by atoms with Gasteiger partial charge >= 0.3 is 0 Å². The quantitative estimate of drug-likeness (QED) is 0.795. The minimum Gasteiger partial charge on any atom is -0.337 e. The van der Waals surface area contributed by atoms with E-state index in [1.807, 2.05) is 56.9 Å². The fraction of sp³-hybridized carbons (Fsp3) is 0.438. The van der Waals surface area contributed by atoms with Gasteiger partial charge in [0.15, 0.2) is 0 Å². The number of hydrogen-bond donors (Lipinski definition) is 0. The molecule has 0 aliphatic rings. The van der Waals surface area contributed by atoms with E-state index in [9.17, 15) is 4.79 Å². The predicted octanol–water partition coefficient (Wildman–Crippen LogP) is 3.37. The van der Waals surface area contributed by atoms with E-state index in [-0.39, 0.29) is 18.0 Å². The van der Waals surface area contributed by atoms with Gasteiger partial charge < -0.3 is 4.90 Å². The van der Waals surface area contributed by atoms with E-state index < -0.39 is 0 Å². The van der Waals surface area contributed by atoms with E-state index in [0.29, 0.717) is 5.75 Å². The first-order chi connectivity index (χ1) is 10.0. The molecule has 0 N–H and O–H groups in total. The van der Waals surface area contributed by atoms with E-state index in [4.69, 9.17) is 0 Å². The summed E-state index contributed by atoms with van der Waals surface area (Å²) in [4.78, 5) is 14.3. The van der Waals surface area contributed by atoms with Crippen molar-refractivity contribution in [3.05, 3.63) is 30.5 Å². The molecule has 0 saturated heterocycles. The van der Waals surface area contributed by atoms with Crippen LogP contribution in [0.4, 0.5) is 0 Å². The van der Waals surface area contributed by atoms with Crippen LogP contribution in [0.1, 0.15) is 27.7 Å². The highest BCUT2D eigenvalue weighted by Gasteiger charge is 2.20. The van der Waals surface area contributed by atoms with Crippen LogP contribution in [-0.2, 0) is 4.79 Å². The Labute approximate surface area is 129 Å². The summed E-state index contributed by atoms with van der Waals surface area (Å²) in [5, 5.41) is 11.1. The van der Waals surface area contributed by atoms with Crippen molar-refractivity contribution in [1.29, 1.82) is 0 Å². The second-order valence-corrected chi connectivity index (χ2v) is 6.48. The lowest BCUT2D eigenvalue weighted by atomic mass is 10.2. The zero-order chi connectivity index (χ0) is 15.4. The highest BCUT2D eigenvalue weighted by atomic mass is 32.2. The normalized spacial score (nSPS) is 11.3. The molecule has 0 bridgehead atoms. The number of nitrogens with zero attached hydrogens (tertiary/aromatic N) is 3. The van der Waals surface area contributed by atoms with Gasteiger partial charge in [0.2, 0.25) is 5.91 Å². The summed E-state index contributed by atoms with van der Waals surface area (Å²) in [6.07, 6.45) is 1.75. The van der Waals surface area contributed by atoms with Crippen molar-refractivity contribution >= 4 is 28.4 Å². The Kier molecular flexibility index (Phi) is 5.17. The molecular weight excluding hydrogens is 282 g/mol.